The molecular weight excluding hydrogens is 388 g/mol. The second-order valence-electron chi connectivity index (χ2n) is 7.77. The molecule has 1 N–H and O–H groups in total. The van der Waals surface area contributed by atoms with Crippen LogP contribution in [-0.2, 0) is 14.8 Å². The van der Waals surface area contributed by atoms with Gasteiger partial charge in [-0.15, -0.1) is 0 Å². The first-order valence-corrected chi connectivity index (χ1v) is 11.2. The highest BCUT2D eigenvalue weighted by Gasteiger charge is 2.25. The lowest BCUT2D eigenvalue weighted by Gasteiger charge is -2.20. The van der Waals surface area contributed by atoms with E-state index in [0.29, 0.717) is 30.0 Å². The number of ether oxygens (including phenoxy) is 1. The molecule has 156 valence electrons. The Morgan fingerprint density at radius 2 is 1.83 bits per heavy atom. The van der Waals surface area contributed by atoms with E-state index in [1.807, 2.05) is 26.8 Å². The van der Waals surface area contributed by atoms with E-state index in [1.54, 1.807) is 43.2 Å². The molecule has 2 aromatic rings. The summed E-state index contributed by atoms with van der Waals surface area (Å²) in [5, 5.41) is 0. The summed E-state index contributed by atoms with van der Waals surface area (Å²) in [6, 6.07) is 8.73. The standard InChI is InChI=1S/C22H28N2O4S/c1-14(2)18-13-21(16(4)11-20(18)28-5)29(26,27)23-17-9-8-15(3)19(12-17)24-10-6-7-22(24)25/h8-9,11-14,23H,6-7,10H2,1-5H3. The van der Waals surface area contributed by atoms with E-state index < -0.39 is 10.0 Å². The summed E-state index contributed by atoms with van der Waals surface area (Å²) in [5.74, 6) is 0.869. The van der Waals surface area contributed by atoms with Crippen molar-refractivity contribution in [3.8, 4) is 5.75 Å². The van der Waals surface area contributed by atoms with Crippen LogP contribution in [0.2, 0.25) is 0 Å². The average Bonchev–Trinajstić information content (AvgIpc) is 3.08. The van der Waals surface area contributed by atoms with Crippen LogP contribution in [0.25, 0.3) is 0 Å². The number of anilines is 2. The Balaban J connectivity index is 1.98. The van der Waals surface area contributed by atoms with Crippen molar-refractivity contribution in [2.45, 2.75) is 51.3 Å². The number of amides is 1. The molecule has 0 unspecified atom stereocenters. The number of hydrogen-bond donors (Lipinski definition) is 1. The molecule has 0 atom stereocenters. The second kappa shape index (κ2) is 8.06. The number of methoxy groups -OCH3 is 1. The lowest BCUT2D eigenvalue weighted by molar-refractivity contribution is -0.117. The number of benzene rings is 2. The molecule has 6 nitrogen and oxygen atoms in total. The molecule has 2 aromatic carbocycles. The van der Waals surface area contributed by atoms with Gasteiger partial charge in [-0.25, -0.2) is 8.42 Å². The normalized spacial score (nSPS) is 14.6. The van der Waals surface area contributed by atoms with Crippen LogP contribution in [0.5, 0.6) is 5.75 Å². The summed E-state index contributed by atoms with van der Waals surface area (Å²) in [7, 11) is -2.22. The highest BCUT2D eigenvalue weighted by Crippen LogP contribution is 2.33. The van der Waals surface area contributed by atoms with Crippen molar-refractivity contribution in [2.75, 3.05) is 23.3 Å². The molecule has 0 radical (unpaired) electrons. The zero-order valence-electron chi connectivity index (χ0n) is 17.6. The van der Waals surface area contributed by atoms with Gasteiger partial charge in [0.05, 0.1) is 17.7 Å². The average molecular weight is 417 g/mol. The molecule has 1 aliphatic heterocycles. The molecule has 1 heterocycles. The third-order valence-electron chi connectivity index (χ3n) is 5.26. The molecule has 1 amide bonds. The minimum atomic E-state index is -3.80. The molecule has 1 saturated heterocycles. The van der Waals surface area contributed by atoms with Gasteiger partial charge in [-0.1, -0.05) is 19.9 Å². The van der Waals surface area contributed by atoms with Crippen LogP contribution in [0.1, 0.15) is 49.3 Å². The molecule has 1 aliphatic rings. The van der Waals surface area contributed by atoms with Gasteiger partial charge in [0.1, 0.15) is 5.75 Å². The summed E-state index contributed by atoms with van der Waals surface area (Å²) in [6.45, 7) is 8.32. The predicted octanol–water partition coefficient (Wildman–Crippen LogP) is 4.36. The Morgan fingerprint density at radius 1 is 1.10 bits per heavy atom. The molecule has 3 rings (SSSR count). The summed E-state index contributed by atoms with van der Waals surface area (Å²) in [6.07, 6.45) is 1.34. The van der Waals surface area contributed by atoms with E-state index in [0.717, 1.165) is 23.2 Å². The van der Waals surface area contributed by atoms with Crippen molar-refractivity contribution in [3.63, 3.8) is 0 Å². The number of aryl methyl sites for hydroxylation is 2. The quantitative estimate of drug-likeness (QED) is 0.759. The maximum absolute atomic E-state index is 13.1. The maximum Gasteiger partial charge on any atom is 0.262 e. The molecule has 0 saturated carbocycles. The first-order chi connectivity index (χ1) is 13.6. The van der Waals surface area contributed by atoms with Crippen LogP contribution in [0.15, 0.2) is 35.2 Å². The van der Waals surface area contributed by atoms with Crippen LogP contribution in [0.4, 0.5) is 11.4 Å². The fourth-order valence-electron chi connectivity index (χ4n) is 3.67. The largest absolute Gasteiger partial charge is 0.496 e. The van der Waals surface area contributed by atoms with Gasteiger partial charge in [0.25, 0.3) is 10.0 Å². The molecular formula is C22H28N2O4S. The number of hydrogen-bond acceptors (Lipinski definition) is 4. The lowest BCUT2D eigenvalue weighted by Crippen LogP contribution is -2.24. The van der Waals surface area contributed by atoms with Crippen LogP contribution < -0.4 is 14.4 Å². The Labute approximate surface area is 172 Å². The summed E-state index contributed by atoms with van der Waals surface area (Å²) in [5.41, 5.74) is 3.58. The van der Waals surface area contributed by atoms with Gasteiger partial charge in [0, 0.05) is 18.7 Å². The minimum Gasteiger partial charge on any atom is -0.496 e. The van der Waals surface area contributed by atoms with E-state index in [2.05, 4.69) is 4.72 Å². The topological polar surface area (TPSA) is 75.7 Å². The van der Waals surface area contributed by atoms with E-state index in [4.69, 9.17) is 4.74 Å². The van der Waals surface area contributed by atoms with E-state index >= 15 is 0 Å². The molecule has 0 bridgehead atoms. The zero-order valence-corrected chi connectivity index (χ0v) is 18.4. The molecule has 0 spiro atoms. The van der Waals surface area contributed by atoms with Gasteiger partial charge in [0.2, 0.25) is 5.91 Å². The molecule has 0 aliphatic carbocycles. The Hall–Kier alpha value is -2.54. The van der Waals surface area contributed by atoms with E-state index in [9.17, 15) is 13.2 Å². The van der Waals surface area contributed by atoms with Crippen LogP contribution in [0, 0.1) is 13.8 Å². The van der Waals surface area contributed by atoms with Gasteiger partial charge in [-0.3, -0.25) is 9.52 Å². The third kappa shape index (κ3) is 4.24. The van der Waals surface area contributed by atoms with Crippen LogP contribution in [-0.4, -0.2) is 28.0 Å². The molecule has 29 heavy (non-hydrogen) atoms. The van der Waals surface area contributed by atoms with Crippen molar-refractivity contribution < 1.29 is 17.9 Å². The predicted molar refractivity (Wildman–Crippen MR) is 115 cm³/mol. The summed E-state index contributed by atoms with van der Waals surface area (Å²) >= 11 is 0. The van der Waals surface area contributed by atoms with Gasteiger partial charge < -0.3 is 9.64 Å². The Kier molecular flexibility index (Phi) is 5.89. The summed E-state index contributed by atoms with van der Waals surface area (Å²) in [4.78, 5) is 14.1. The van der Waals surface area contributed by atoms with Crippen molar-refractivity contribution in [1.29, 1.82) is 0 Å². The monoisotopic (exact) mass is 416 g/mol. The first kappa shape index (κ1) is 21.2. The van der Waals surface area contributed by atoms with E-state index in [-0.39, 0.29) is 16.7 Å². The zero-order chi connectivity index (χ0) is 21.3. The Morgan fingerprint density at radius 3 is 2.41 bits per heavy atom. The highest BCUT2D eigenvalue weighted by atomic mass is 32.2. The first-order valence-electron chi connectivity index (χ1n) is 9.76. The number of sulfonamides is 1. The van der Waals surface area contributed by atoms with Gasteiger partial charge in [0.15, 0.2) is 0 Å². The Bertz CT molecular complexity index is 1050. The van der Waals surface area contributed by atoms with Gasteiger partial charge in [-0.05, 0) is 67.1 Å². The van der Waals surface area contributed by atoms with Crippen molar-refractivity contribution >= 4 is 27.3 Å². The number of nitrogens with zero attached hydrogens (tertiary/aromatic N) is 1. The van der Waals surface area contributed by atoms with Crippen LogP contribution in [0.3, 0.4) is 0 Å². The number of nitrogens with one attached hydrogen (secondary N) is 1. The van der Waals surface area contributed by atoms with E-state index in [1.165, 1.54) is 0 Å². The molecule has 1 fully saturated rings. The van der Waals surface area contributed by atoms with Crippen molar-refractivity contribution in [2.24, 2.45) is 0 Å². The van der Waals surface area contributed by atoms with Gasteiger partial charge >= 0.3 is 0 Å². The second-order valence-corrected chi connectivity index (χ2v) is 9.42. The molecule has 0 aromatic heterocycles. The van der Waals surface area contributed by atoms with Crippen LogP contribution >= 0.6 is 0 Å². The lowest BCUT2D eigenvalue weighted by atomic mass is 10.0. The number of rotatable bonds is 6. The fourth-order valence-corrected chi connectivity index (χ4v) is 4.98. The minimum absolute atomic E-state index is 0.0701. The third-order valence-corrected chi connectivity index (χ3v) is 6.79. The van der Waals surface area contributed by atoms with Gasteiger partial charge in [-0.2, -0.15) is 0 Å². The number of carbonyl (C=O) groups excluding carboxylic acids is 1. The number of carbonyl (C=O) groups is 1. The summed E-state index contributed by atoms with van der Waals surface area (Å²) < 4.78 is 34.4. The van der Waals surface area contributed by atoms with Crippen molar-refractivity contribution in [3.05, 3.63) is 47.0 Å². The SMILES string of the molecule is COc1cc(C)c(S(=O)(=O)Nc2ccc(C)c(N3CCCC3=O)c2)cc1C(C)C. The maximum atomic E-state index is 13.1. The molecule has 7 heteroatoms. The fraction of sp³-hybridized carbons (Fsp3) is 0.409. The smallest absolute Gasteiger partial charge is 0.262 e. The van der Waals surface area contributed by atoms with Crippen molar-refractivity contribution in [1.82, 2.24) is 0 Å². The highest BCUT2D eigenvalue weighted by molar-refractivity contribution is 7.92.